The Kier molecular flexibility index (Phi) is 6.33. The van der Waals surface area contributed by atoms with E-state index in [4.69, 9.17) is 16.3 Å². The molecule has 3 aromatic rings. The van der Waals surface area contributed by atoms with Crippen molar-refractivity contribution in [3.05, 3.63) is 88.2 Å². The van der Waals surface area contributed by atoms with Crippen molar-refractivity contribution in [2.75, 3.05) is 11.5 Å². The summed E-state index contributed by atoms with van der Waals surface area (Å²) in [6, 6.07) is 15.4. The Labute approximate surface area is 196 Å². The summed E-state index contributed by atoms with van der Waals surface area (Å²) in [5, 5.41) is 2.64. The Morgan fingerprint density at radius 3 is 2.55 bits per heavy atom. The van der Waals surface area contributed by atoms with Crippen molar-refractivity contribution in [2.24, 2.45) is 0 Å². The number of hydrogen-bond donors (Lipinski definition) is 1. The topological polar surface area (TPSA) is 80.6 Å². The molecule has 0 bridgehead atoms. The summed E-state index contributed by atoms with van der Waals surface area (Å²) in [6.45, 7) is 4.70. The first-order valence-electron chi connectivity index (χ1n) is 10.4. The number of hydrogen-bond acceptors (Lipinski definition) is 4. The highest BCUT2D eigenvalue weighted by Gasteiger charge is 2.37. The highest BCUT2D eigenvalue weighted by atomic mass is 35.5. The van der Waals surface area contributed by atoms with Gasteiger partial charge in [0.1, 0.15) is 17.9 Å². The van der Waals surface area contributed by atoms with Crippen LogP contribution in [-0.4, -0.2) is 29.0 Å². The van der Waals surface area contributed by atoms with Gasteiger partial charge < -0.3 is 9.30 Å². The fourth-order valence-electron chi connectivity index (χ4n) is 3.49. The number of halogens is 1. The summed E-state index contributed by atoms with van der Waals surface area (Å²) in [4.78, 5) is 38.9. The SMILES string of the molecule is Cc1ccc(N2C(=O)NC(=O)/C(=C\c3cccn3CCOc3ccccc3C)C2=O)cc1Cl. The lowest BCUT2D eigenvalue weighted by Gasteiger charge is -2.26. The third-order valence-electron chi connectivity index (χ3n) is 5.36. The molecule has 1 saturated heterocycles. The van der Waals surface area contributed by atoms with Crippen molar-refractivity contribution in [1.29, 1.82) is 0 Å². The lowest BCUT2D eigenvalue weighted by Crippen LogP contribution is -2.54. The molecule has 0 radical (unpaired) electrons. The zero-order valence-electron chi connectivity index (χ0n) is 18.2. The number of aromatic nitrogens is 1. The number of nitrogens with zero attached hydrogens (tertiary/aromatic N) is 2. The molecule has 2 aromatic carbocycles. The third-order valence-corrected chi connectivity index (χ3v) is 5.76. The Hall–Kier alpha value is -3.84. The highest BCUT2D eigenvalue weighted by molar-refractivity contribution is 6.39. The van der Waals surface area contributed by atoms with E-state index in [1.54, 1.807) is 18.2 Å². The van der Waals surface area contributed by atoms with E-state index in [9.17, 15) is 14.4 Å². The van der Waals surface area contributed by atoms with Gasteiger partial charge in [-0.2, -0.15) is 0 Å². The Morgan fingerprint density at radius 1 is 1.00 bits per heavy atom. The van der Waals surface area contributed by atoms with Gasteiger partial charge in [0, 0.05) is 16.9 Å². The maximum atomic E-state index is 13.1. The monoisotopic (exact) mass is 463 g/mol. The summed E-state index contributed by atoms with van der Waals surface area (Å²) in [5.74, 6) is -0.659. The minimum Gasteiger partial charge on any atom is -0.491 e. The first-order chi connectivity index (χ1) is 15.8. The predicted molar refractivity (Wildman–Crippen MR) is 126 cm³/mol. The Morgan fingerprint density at radius 2 is 1.79 bits per heavy atom. The molecule has 4 amide bonds. The summed E-state index contributed by atoms with van der Waals surface area (Å²) >= 11 is 6.17. The van der Waals surface area contributed by atoms with Crippen LogP contribution >= 0.6 is 11.6 Å². The number of benzene rings is 2. The molecule has 7 nitrogen and oxygen atoms in total. The van der Waals surface area contributed by atoms with Gasteiger partial charge in [-0.15, -0.1) is 0 Å². The molecule has 33 heavy (non-hydrogen) atoms. The lowest BCUT2D eigenvalue weighted by molar-refractivity contribution is -0.122. The maximum absolute atomic E-state index is 13.1. The number of amides is 4. The van der Waals surface area contributed by atoms with Crippen LogP contribution in [0.1, 0.15) is 16.8 Å². The second-order valence-corrected chi connectivity index (χ2v) is 8.04. The molecule has 0 spiro atoms. The van der Waals surface area contributed by atoms with Crippen molar-refractivity contribution >= 4 is 41.2 Å². The molecule has 1 fully saturated rings. The van der Waals surface area contributed by atoms with Crippen molar-refractivity contribution < 1.29 is 19.1 Å². The van der Waals surface area contributed by atoms with E-state index in [1.807, 2.05) is 54.9 Å². The second-order valence-electron chi connectivity index (χ2n) is 7.63. The molecule has 2 heterocycles. The van der Waals surface area contributed by atoms with E-state index in [0.29, 0.717) is 23.9 Å². The third kappa shape index (κ3) is 4.68. The molecular formula is C25H22ClN3O4. The van der Waals surface area contributed by atoms with Crippen LogP contribution in [0.3, 0.4) is 0 Å². The van der Waals surface area contributed by atoms with Gasteiger partial charge in [0.2, 0.25) is 0 Å². The molecule has 0 atom stereocenters. The fraction of sp³-hybridized carbons (Fsp3) is 0.160. The van der Waals surface area contributed by atoms with Crippen LogP contribution in [0.15, 0.2) is 66.4 Å². The van der Waals surface area contributed by atoms with E-state index >= 15 is 0 Å². The quantitative estimate of drug-likeness (QED) is 0.431. The average molecular weight is 464 g/mol. The van der Waals surface area contributed by atoms with E-state index < -0.39 is 17.8 Å². The van der Waals surface area contributed by atoms with Gasteiger partial charge in [-0.1, -0.05) is 35.9 Å². The Balaban J connectivity index is 1.55. The molecule has 4 rings (SSSR count). The van der Waals surface area contributed by atoms with E-state index in [2.05, 4.69) is 5.32 Å². The van der Waals surface area contributed by atoms with Crippen LogP contribution in [-0.2, 0) is 16.1 Å². The predicted octanol–water partition coefficient (Wildman–Crippen LogP) is 4.50. The smallest absolute Gasteiger partial charge is 0.335 e. The lowest BCUT2D eigenvalue weighted by atomic mass is 10.1. The van der Waals surface area contributed by atoms with E-state index in [-0.39, 0.29) is 11.3 Å². The number of barbiturate groups is 1. The van der Waals surface area contributed by atoms with Crippen molar-refractivity contribution in [2.45, 2.75) is 20.4 Å². The second kappa shape index (κ2) is 9.34. The summed E-state index contributed by atoms with van der Waals surface area (Å²) < 4.78 is 7.72. The number of anilines is 1. The number of para-hydroxylation sites is 1. The molecule has 1 aliphatic heterocycles. The number of carbonyl (C=O) groups is 3. The van der Waals surface area contributed by atoms with Gasteiger partial charge in [0.25, 0.3) is 11.8 Å². The molecule has 168 valence electrons. The van der Waals surface area contributed by atoms with Crippen molar-refractivity contribution in [1.82, 2.24) is 9.88 Å². The van der Waals surface area contributed by atoms with Gasteiger partial charge in [-0.3, -0.25) is 14.9 Å². The largest absolute Gasteiger partial charge is 0.491 e. The highest BCUT2D eigenvalue weighted by Crippen LogP contribution is 2.27. The average Bonchev–Trinajstić information content (AvgIpc) is 3.22. The molecular weight excluding hydrogens is 442 g/mol. The van der Waals surface area contributed by atoms with Gasteiger partial charge in [0.15, 0.2) is 0 Å². The number of carbonyl (C=O) groups excluding carboxylic acids is 3. The van der Waals surface area contributed by atoms with Crippen LogP contribution < -0.4 is 15.0 Å². The standard InChI is InChI=1S/C25H22ClN3O4/c1-16-9-10-19(15-21(16)26)29-24(31)20(23(30)27-25(29)32)14-18-7-5-11-28(18)12-13-33-22-8-4-3-6-17(22)2/h3-11,14-15H,12-13H2,1-2H3,(H,27,30,32)/b20-14+. The molecule has 0 aliphatic carbocycles. The molecule has 8 heteroatoms. The number of nitrogens with one attached hydrogen (secondary N) is 1. The summed E-state index contributed by atoms with van der Waals surface area (Å²) in [6.07, 6.45) is 3.31. The zero-order valence-corrected chi connectivity index (χ0v) is 18.9. The molecule has 0 unspecified atom stereocenters. The first-order valence-corrected chi connectivity index (χ1v) is 10.7. The van der Waals surface area contributed by atoms with Crippen LogP contribution in [0.4, 0.5) is 10.5 Å². The fourth-order valence-corrected chi connectivity index (χ4v) is 3.67. The summed E-state index contributed by atoms with van der Waals surface area (Å²) in [7, 11) is 0. The molecule has 1 N–H and O–H groups in total. The number of imide groups is 2. The summed E-state index contributed by atoms with van der Waals surface area (Å²) in [5.41, 5.74) is 2.62. The van der Waals surface area contributed by atoms with Crippen LogP contribution in [0.25, 0.3) is 6.08 Å². The van der Waals surface area contributed by atoms with Gasteiger partial charge in [-0.05, 0) is 61.4 Å². The number of ether oxygens (including phenoxy) is 1. The first kappa shape index (κ1) is 22.4. The van der Waals surface area contributed by atoms with Gasteiger partial charge in [0.05, 0.1) is 12.2 Å². The Bertz CT molecular complexity index is 1280. The number of urea groups is 1. The zero-order chi connectivity index (χ0) is 23.5. The van der Waals surface area contributed by atoms with Crippen molar-refractivity contribution in [3.8, 4) is 5.75 Å². The minimum atomic E-state index is -0.816. The normalized spacial score (nSPS) is 15.2. The molecule has 1 aromatic heterocycles. The van der Waals surface area contributed by atoms with E-state index in [1.165, 1.54) is 12.1 Å². The maximum Gasteiger partial charge on any atom is 0.335 e. The number of rotatable bonds is 6. The van der Waals surface area contributed by atoms with Gasteiger partial charge >= 0.3 is 6.03 Å². The molecule has 0 saturated carbocycles. The van der Waals surface area contributed by atoms with E-state index in [0.717, 1.165) is 21.8 Å². The van der Waals surface area contributed by atoms with Crippen molar-refractivity contribution in [3.63, 3.8) is 0 Å². The van der Waals surface area contributed by atoms with Crippen LogP contribution in [0.5, 0.6) is 5.75 Å². The van der Waals surface area contributed by atoms with Crippen LogP contribution in [0.2, 0.25) is 5.02 Å². The van der Waals surface area contributed by atoms with Crippen LogP contribution in [0, 0.1) is 13.8 Å². The number of aryl methyl sites for hydroxylation is 2. The molecule has 1 aliphatic rings. The van der Waals surface area contributed by atoms with Gasteiger partial charge in [-0.25, -0.2) is 9.69 Å². The minimum absolute atomic E-state index is 0.147.